The number of ether oxygens (including phenoxy) is 1. The summed E-state index contributed by atoms with van der Waals surface area (Å²) in [7, 11) is 1.62. The van der Waals surface area contributed by atoms with E-state index < -0.39 is 0 Å². The monoisotopic (exact) mass is 381 g/mol. The minimum Gasteiger partial charge on any atom is -0.481 e. The van der Waals surface area contributed by atoms with Gasteiger partial charge in [0.25, 0.3) is 0 Å². The lowest BCUT2D eigenvalue weighted by Gasteiger charge is -2.21. The van der Waals surface area contributed by atoms with Crippen LogP contribution in [0.1, 0.15) is 31.4 Å². The standard InChI is InChI=1S/C22H31N5O/c1-4-23-22(25-14-19-10-11-21(28-3)24-13-19)26-20-12-17(2)27(16-20)15-18-8-6-5-7-9-18/h5-11,13,17,20H,4,12,14-16H2,1-3H3,(H2,23,25,26). The number of hydrogen-bond acceptors (Lipinski definition) is 4. The second-order valence-corrected chi connectivity index (χ2v) is 7.25. The van der Waals surface area contributed by atoms with Crippen molar-refractivity contribution in [1.82, 2.24) is 20.5 Å². The smallest absolute Gasteiger partial charge is 0.212 e. The van der Waals surface area contributed by atoms with Crippen molar-refractivity contribution in [3.63, 3.8) is 0 Å². The molecule has 1 aliphatic rings. The van der Waals surface area contributed by atoms with E-state index in [-0.39, 0.29) is 0 Å². The molecule has 2 unspecified atom stereocenters. The van der Waals surface area contributed by atoms with E-state index in [0.29, 0.717) is 24.5 Å². The van der Waals surface area contributed by atoms with Crippen LogP contribution in [0.3, 0.4) is 0 Å². The van der Waals surface area contributed by atoms with E-state index >= 15 is 0 Å². The van der Waals surface area contributed by atoms with Gasteiger partial charge in [-0.1, -0.05) is 36.4 Å². The number of pyridine rings is 1. The number of methoxy groups -OCH3 is 1. The highest BCUT2D eigenvalue weighted by Gasteiger charge is 2.29. The highest BCUT2D eigenvalue weighted by Crippen LogP contribution is 2.20. The van der Waals surface area contributed by atoms with Gasteiger partial charge in [0, 0.05) is 44.0 Å². The van der Waals surface area contributed by atoms with Crippen molar-refractivity contribution in [2.45, 2.75) is 45.4 Å². The van der Waals surface area contributed by atoms with Gasteiger partial charge in [-0.25, -0.2) is 9.98 Å². The first-order valence-corrected chi connectivity index (χ1v) is 9.99. The summed E-state index contributed by atoms with van der Waals surface area (Å²) in [5.41, 5.74) is 2.42. The Morgan fingerprint density at radius 2 is 2.04 bits per heavy atom. The van der Waals surface area contributed by atoms with Crippen molar-refractivity contribution in [3.8, 4) is 5.88 Å². The van der Waals surface area contributed by atoms with Gasteiger partial charge < -0.3 is 15.4 Å². The van der Waals surface area contributed by atoms with Gasteiger partial charge in [-0.15, -0.1) is 0 Å². The second kappa shape index (κ2) is 10.1. The molecule has 3 rings (SSSR count). The van der Waals surface area contributed by atoms with Gasteiger partial charge in [0.2, 0.25) is 5.88 Å². The molecule has 2 heterocycles. The third-order valence-corrected chi connectivity index (χ3v) is 5.04. The third-order valence-electron chi connectivity index (χ3n) is 5.04. The zero-order valence-corrected chi connectivity index (χ0v) is 17.1. The molecule has 1 aliphatic heterocycles. The van der Waals surface area contributed by atoms with Gasteiger partial charge >= 0.3 is 0 Å². The van der Waals surface area contributed by atoms with Crippen LogP contribution in [0.15, 0.2) is 53.7 Å². The first-order chi connectivity index (χ1) is 13.7. The van der Waals surface area contributed by atoms with Crippen LogP contribution >= 0.6 is 0 Å². The van der Waals surface area contributed by atoms with Crippen LogP contribution in [0.5, 0.6) is 5.88 Å². The van der Waals surface area contributed by atoms with Crippen LogP contribution in [-0.4, -0.2) is 48.1 Å². The maximum Gasteiger partial charge on any atom is 0.212 e. The van der Waals surface area contributed by atoms with Crippen LogP contribution in [0.25, 0.3) is 0 Å². The second-order valence-electron chi connectivity index (χ2n) is 7.25. The first-order valence-electron chi connectivity index (χ1n) is 9.99. The molecule has 28 heavy (non-hydrogen) atoms. The van der Waals surface area contributed by atoms with E-state index in [1.807, 2.05) is 18.3 Å². The number of benzene rings is 1. The number of hydrogen-bond donors (Lipinski definition) is 2. The highest BCUT2D eigenvalue weighted by atomic mass is 16.5. The topological polar surface area (TPSA) is 61.8 Å². The minimum atomic E-state index is 0.394. The van der Waals surface area contributed by atoms with Gasteiger partial charge in [-0.3, -0.25) is 4.90 Å². The van der Waals surface area contributed by atoms with Crippen molar-refractivity contribution in [2.24, 2.45) is 4.99 Å². The molecule has 0 radical (unpaired) electrons. The summed E-state index contributed by atoms with van der Waals surface area (Å²) >= 11 is 0. The highest BCUT2D eigenvalue weighted by molar-refractivity contribution is 5.80. The number of nitrogens with zero attached hydrogens (tertiary/aromatic N) is 3. The quantitative estimate of drug-likeness (QED) is 0.570. The number of aromatic nitrogens is 1. The average molecular weight is 382 g/mol. The van der Waals surface area contributed by atoms with Crippen LogP contribution in [0.4, 0.5) is 0 Å². The van der Waals surface area contributed by atoms with Crippen LogP contribution in [0, 0.1) is 0 Å². The van der Waals surface area contributed by atoms with Gasteiger partial charge in [0.05, 0.1) is 13.7 Å². The predicted octanol–water partition coefficient (Wildman–Crippen LogP) is 2.81. The summed E-state index contributed by atoms with van der Waals surface area (Å²) in [5, 5.41) is 6.96. The van der Waals surface area contributed by atoms with E-state index in [2.05, 4.69) is 64.7 Å². The molecule has 0 amide bonds. The summed E-state index contributed by atoms with van der Waals surface area (Å²) in [5.74, 6) is 1.48. The van der Waals surface area contributed by atoms with Crippen molar-refractivity contribution >= 4 is 5.96 Å². The zero-order valence-electron chi connectivity index (χ0n) is 17.1. The molecule has 2 atom stereocenters. The summed E-state index contributed by atoms with van der Waals surface area (Å²) in [6, 6.07) is 15.5. The molecule has 6 heteroatoms. The maximum absolute atomic E-state index is 5.11. The number of likely N-dealkylation sites (tertiary alicyclic amines) is 1. The van der Waals surface area contributed by atoms with Crippen molar-refractivity contribution < 1.29 is 4.74 Å². The Kier molecular flexibility index (Phi) is 7.25. The van der Waals surface area contributed by atoms with Gasteiger partial charge in [0.1, 0.15) is 0 Å². The fraction of sp³-hybridized carbons (Fsp3) is 0.455. The molecular formula is C22H31N5O. The largest absolute Gasteiger partial charge is 0.481 e. The van der Waals surface area contributed by atoms with E-state index in [1.54, 1.807) is 7.11 Å². The molecule has 150 valence electrons. The van der Waals surface area contributed by atoms with E-state index in [1.165, 1.54) is 5.56 Å². The Morgan fingerprint density at radius 3 is 2.71 bits per heavy atom. The molecule has 2 N–H and O–H groups in total. The summed E-state index contributed by atoms with van der Waals surface area (Å²) in [6.45, 7) is 7.82. The van der Waals surface area contributed by atoms with Gasteiger partial charge in [-0.05, 0) is 31.4 Å². The minimum absolute atomic E-state index is 0.394. The Labute approximate surface area is 168 Å². The fourth-order valence-corrected chi connectivity index (χ4v) is 3.55. The molecule has 0 aliphatic carbocycles. The average Bonchev–Trinajstić information content (AvgIpc) is 3.06. The summed E-state index contributed by atoms with van der Waals surface area (Å²) in [6.07, 6.45) is 2.92. The Balaban J connectivity index is 1.57. The Hall–Kier alpha value is -2.60. The number of aliphatic imine (C=N–C) groups is 1. The van der Waals surface area contributed by atoms with Gasteiger partial charge in [0.15, 0.2) is 5.96 Å². The van der Waals surface area contributed by atoms with Crippen molar-refractivity contribution in [2.75, 3.05) is 20.2 Å². The van der Waals surface area contributed by atoms with Crippen molar-refractivity contribution in [3.05, 3.63) is 59.8 Å². The maximum atomic E-state index is 5.11. The van der Waals surface area contributed by atoms with E-state index in [4.69, 9.17) is 9.73 Å². The Bertz CT molecular complexity index is 747. The first kappa shape index (κ1) is 20.1. The molecule has 2 aromatic rings. The molecule has 0 saturated carbocycles. The zero-order chi connectivity index (χ0) is 19.8. The van der Waals surface area contributed by atoms with Crippen LogP contribution in [0.2, 0.25) is 0 Å². The summed E-state index contributed by atoms with van der Waals surface area (Å²) < 4.78 is 5.11. The molecule has 1 fully saturated rings. The number of guanidine groups is 1. The van der Waals surface area contributed by atoms with Crippen LogP contribution < -0.4 is 15.4 Å². The normalized spacial score (nSPS) is 20.2. The lowest BCUT2D eigenvalue weighted by atomic mass is 10.2. The molecular weight excluding hydrogens is 350 g/mol. The van der Waals surface area contributed by atoms with Crippen LogP contribution in [-0.2, 0) is 13.1 Å². The molecule has 0 bridgehead atoms. The molecule has 1 aromatic carbocycles. The fourth-order valence-electron chi connectivity index (χ4n) is 3.55. The predicted molar refractivity (Wildman–Crippen MR) is 113 cm³/mol. The molecule has 6 nitrogen and oxygen atoms in total. The number of rotatable bonds is 7. The molecule has 0 spiro atoms. The van der Waals surface area contributed by atoms with Crippen molar-refractivity contribution in [1.29, 1.82) is 0 Å². The lowest BCUT2D eigenvalue weighted by Crippen LogP contribution is -2.44. The molecule has 1 saturated heterocycles. The Morgan fingerprint density at radius 1 is 1.21 bits per heavy atom. The van der Waals surface area contributed by atoms with E-state index in [0.717, 1.165) is 37.6 Å². The van der Waals surface area contributed by atoms with Gasteiger partial charge in [-0.2, -0.15) is 0 Å². The SMILES string of the molecule is CCNC(=NCc1ccc(OC)nc1)NC1CC(C)N(Cc2ccccc2)C1. The summed E-state index contributed by atoms with van der Waals surface area (Å²) in [4.78, 5) is 11.5. The van der Waals surface area contributed by atoms with E-state index in [9.17, 15) is 0 Å². The molecule has 1 aromatic heterocycles. The lowest BCUT2D eigenvalue weighted by molar-refractivity contribution is 0.258. The third kappa shape index (κ3) is 5.70. The number of nitrogens with one attached hydrogen (secondary N) is 2.